The van der Waals surface area contributed by atoms with Crippen LogP contribution in [0.5, 0.6) is 11.5 Å². The van der Waals surface area contributed by atoms with Crippen LogP contribution in [0.2, 0.25) is 0 Å². The van der Waals surface area contributed by atoms with Crippen LogP contribution in [0.4, 0.5) is 15.3 Å². The monoisotopic (exact) mass is 966 g/mol. The second kappa shape index (κ2) is 23.7. The van der Waals surface area contributed by atoms with Gasteiger partial charge in [-0.15, -0.1) is 6.58 Å². The maximum atomic E-state index is 14.8. The van der Waals surface area contributed by atoms with Gasteiger partial charge in [0.2, 0.25) is 5.79 Å². The molecule has 15 nitrogen and oxygen atoms in total. The lowest BCUT2D eigenvalue weighted by atomic mass is 9.55. The Morgan fingerprint density at radius 3 is 2.42 bits per heavy atom. The van der Waals surface area contributed by atoms with Crippen molar-refractivity contribution in [1.82, 2.24) is 10.2 Å². The van der Waals surface area contributed by atoms with Crippen molar-refractivity contribution in [2.75, 3.05) is 26.4 Å². The largest absolute Gasteiger partial charge is 0.459 e. The van der Waals surface area contributed by atoms with E-state index in [1.165, 1.54) is 12.1 Å². The second-order valence-corrected chi connectivity index (χ2v) is 18.2. The van der Waals surface area contributed by atoms with E-state index in [-0.39, 0.29) is 70.1 Å². The molecule has 1 saturated carbocycles. The summed E-state index contributed by atoms with van der Waals surface area (Å²) in [4.78, 5) is 47.1. The number of fused-ring (bicyclic) bond motifs is 3. The van der Waals surface area contributed by atoms with Crippen LogP contribution >= 0.6 is 0 Å². The number of hydrogen-bond acceptors (Lipinski definition) is 12. The quantitative estimate of drug-likeness (QED) is 0.0259. The van der Waals surface area contributed by atoms with Crippen LogP contribution in [0.25, 0.3) is 10.8 Å². The average molecular weight is 967 g/mol. The summed E-state index contributed by atoms with van der Waals surface area (Å²) in [6.07, 6.45) is 6.82. The van der Waals surface area contributed by atoms with Gasteiger partial charge in [-0.05, 0) is 108 Å². The summed E-state index contributed by atoms with van der Waals surface area (Å²) in [7, 11) is 0. The molecule has 2 aliphatic carbocycles. The van der Waals surface area contributed by atoms with Crippen molar-refractivity contribution in [1.29, 1.82) is 0 Å². The number of allylic oxidation sites excluding steroid dienone is 1. The Morgan fingerprint density at radius 1 is 0.930 bits per heavy atom. The number of unbranched alkanes of at least 4 members (excludes halogenated alkanes) is 2. The highest BCUT2D eigenvalue weighted by Crippen LogP contribution is 2.62. The molecule has 0 bridgehead atoms. The molecule has 15 heteroatoms. The van der Waals surface area contributed by atoms with E-state index in [2.05, 4.69) is 18.0 Å². The molecule has 0 spiro atoms. The number of ether oxygens (including phenoxy) is 4. The lowest BCUT2D eigenvalue weighted by Crippen LogP contribution is -2.70. The third kappa shape index (κ3) is 11.4. The molecule has 0 saturated heterocycles. The van der Waals surface area contributed by atoms with E-state index in [1.807, 2.05) is 78.9 Å². The highest BCUT2D eigenvalue weighted by atomic mass is 16.7. The fraction of sp³-hybridized carbons (Fsp3) is 0.375. The summed E-state index contributed by atoms with van der Waals surface area (Å²) >= 11 is 0. The van der Waals surface area contributed by atoms with Crippen LogP contribution in [-0.2, 0) is 34.0 Å². The number of aliphatic hydroxyl groups is 2. The van der Waals surface area contributed by atoms with Gasteiger partial charge in [0.15, 0.2) is 0 Å². The number of nitrogens with zero attached hydrogens (tertiary/aromatic N) is 3. The average Bonchev–Trinajstić information content (AvgIpc) is 3.38. The molecular weight excluding hydrogens is 905 g/mol. The molecule has 2 amide bonds. The standard InChI is InChI=1S/C56H62N4O11/c1-3-31-68-56-51(59(55(64)67-4-2)36-42-20-14-19-40-17-8-9-21-45(40)42)34-49(58-69-37-39-23-25-43(26-24-39)60(65)66)47-32-41(18-10-12-29-61)46(22-11-13-30-62)52(53(47)56)48-33-44(27-28-50(48)71-56)70-54(63)57-35-38-15-6-5-7-16-38/h3,5-9,14-17,19-21,23-28,32-33,41,46,51-53,61-62H,1,4,10-13,18,22,29-31,34-37H2,2H3,(H,57,63)/t41-,46+,51-,52+,53+,56+/m0/s1. The Kier molecular flexibility index (Phi) is 16.8. The highest BCUT2D eigenvalue weighted by molar-refractivity contribution is 6.03. The molecule has 0 aromatic heterocycles. The topological polar surface area (TPSA) is 192 Å². The van der Waals surface area contributed by atoms with Crippen LogP contribution in [-0.4, -0.2) is 76.2 Å². The number of carbonyl (C=O) groups is 2. The third-order valence-electron chi connectivity index (χ3n) is 13.8. The molecule has 3 N–H and O–H groups in total. The highest BCUT2D eigenvalue weighted by Gasteiger charge is 2.65. The fourth-order valence-corrected chi connectivity index (χ4v) is 10.6. The Bertz CT molecular complexity index is 2710. The summed E-state index contributed by atoms with van der Waals surface area (Å²) in [5.74, 6) is -2.02. The van der Waals surface area contributed by atoms with E-state index in [0.29, 0.717) is 48.5 Å². The van der Waals surface area contributed by atoms with Gasteiger partial charge in [-0.25, -0.2) is 9.59 Å². The number of aliphatic hydroxyl groups excluding tert-OH is 2. The molecule has 1 aliphatic heterocycles. The maximum absolute atomic E-state index is 14.8. The smallest absolute Gasteiger partial charge is 0.412 e. The molecule has 3 aliphatic rings. The van der Waals surface area contributed by atoms with Crippen LogP contribution in [0.1, 0.15) is 80.0 Å². The maximum Gasteiger partial charge on any atom is 0.412 e. The van der Waals surface area contributed by atoms with Crippen molar-refractivity contribution in [3.8, 4) is 11.5 Å². The van der Waals surface area contributed by atoms with E-state index < -0.39 is 40.8 Å². The lowest BCUT2D eigenvalue weighted by Gasteiger charge is -2.59. The lowest BCUT2D eigenvalue weighted by molar-refractivity contribution is -0.384. The van der Waals surface area contributed by atoms with Crippen molar-refractivity contribution in [3.05, 3.63) is 172 Å². The van der Waals surface area contributed by atoms with Gasteiger partial charge in [-0.1, -0.05) is 103 Å². The number of oxime groups is 1. The fourth-order valence-electron chi connectivity index (χ4n) is 10.6. The minimum absolute atomic E-state index is 0.000674. The zero-order chi connectivity index (χ0) is 49.7. The van der Waals surface area contributed by atoms with Gasteiger partial charge in [0, 0.05) is 49.8 Å². The molecule has 0 radical (unpaired) electrons. The van der Waals surface area contributed by atoms with E-state index in [0.717, 1.165) is 45.9 Å². The summed E-state index contributed by atoms with van der Waals surface area (Å²) in [5.41, 5.74) is 4.54. The van der Waals surface area contributed by atoms with Crippen molar-refractivity contribution >= 4 is 34.4 Å². The Hall–Kier alpha value is -7.07. The molecule has 5 aromatic carbocycles. The number of amides is 2. The molecule has 71 heavy (non-hydrogen) atoms. The number of carbonyl (C=O) groups excluding carboxylic acids is 2. The van der Waals surface area contributed by atoms with Gasteiger partial charge in [-0.2, -0.15) is 0 Å². The minimum Gasteiger partial charge on any atom is -0.459 e. The summed E-state index contributed by atoms with van der Waals surface area (Å²) in [5, 5.41) is 41.2. The first kappa shape index (κ1) is 50.3. The molecule has 372 valence electrons. The van der Waals surface area contributed by atoms with Gasteiger partial charge in [0.1, 0.15) is 24.1 Å². The van der Waals surface area contributed by atoms with Crippen LogP contribution in [0, 0.1) is 27.9 Å². The second-order valence-electron chi connectivity index (χ2n) is 18.2. The Morgan fingerprint density at radius 2 is 1.68 bits per heavy atom. The Labute approximate surface area is 413 Å². The van der Waals surface area contributed by atoms with E-state index in [4.69, 9.17) is 28.9 Å². The van der Waals surface area contributed by atoms with E-state index in [9.17, 15) is 29.9 Å². The SMILES string of the molecule is C=CCO[C@@]12Oc3ccc(OC(=O)NCc4ccccc4)cc3[C@H]3[C@H](CCCCO)[C@@H](CCCCO)C=C(C(=NOCc4ccc([N+](=O)[O-])cc4)C[C@@H]1N(Cc1cccc4ccccc14)C(=O)OCC)[C@H]32. The number of rotatable bonds is 22. The van der Waals surface area contributed by atoms with Crippen LogP contribution in [0.15, 0.2) is 145 Å². The molecule has 0 unspecified atom stereocenters. The van der Waals surface area contributed by atoms with Crippen molar-refractivity contribution in [2.24, 2.45) is 22.9 Å². The zero-order valence-corrected chi connectivity index (χ0v) is 40.0. The summed E-state index contributed by atoms with van der Waals surface area (Å²) in [6, 6.07) is 34.1. The van der Waals surface area contributed by atoms with Crippen molar-refractivity contribution in [2.45, 2.75) is 89.3 Å². The van der Waals surface area contributed by atoms with Crippen LogP contribution < -0.4 is 14.8 Å². The molecule has 1 heterocycles. The van der Waals surface area contributed by atoms with Crippen molar-refractivity contribution < 1.29 is 48.5 Å². The van der Waals surface area contributed by atoms with Gasteiger partial charge >= 0.3 is 12.2 Å². The first-order valence-corrected chi connectivity index (χ1v) is 24.5. The number of benzene rings is 5. The first-order chi connectivity index (χ1) is 34.7. The van der Waals surface area contributed by atoms with E-state index >= 15 is 0 Å². The molecule has 5 aromatic rings. The number of nitro groups is 1. The molecule has 8 rings (SSSR count). The van der Waals surface area contributed by atoms with E-state index in [1.54, 1.807) is 42.2 Å². The van der Waals surface area contributed by atoms with Crippen molar-refractivity contribution in [3.63, 3.8) is 0 Å². The number of nitrogens with one attached hydrogen (secondary N) is 1. The number of nitro benzene ring substituents is 1. The number of non-ortho nitro benzene ring substituents is 1. The van der Waals surface area contributed by atoms with Crippen LogP contribution in [0.3, 0.4) is 0 Å². The Balaban J connectivity index is 1.30. The predicted octanol–water partition coefficient (Wildman–Crippen LogP) is 10.5. The molecular formula is C56H62N4O11. The zero-order valence-electron chi connectivity index (χ0n) is 40.0. The third-order valence-corrected chi connectivity index (χ3v) is 13.8. The predicted molar refractivity (Wildman–Crippen MR) is 269 cm³/mol. The number of hydrogen-bond donors (Lipinski definition) is 3. The normalized spacial score (nSPS) is 21.5. The van der Waals surface area contributed by atoms with Gasteiger partial charge < -0.3 is 39.3 Å². The summed E-state index contributed by atoms with van der Waals surface area (Å²) < 4.78 is 26.4. The molecule has 6 atom stereocenters. The minimum atomic E-state index is -1.59. The van der Waals surface area contributed by atoms with Gasteiger partial charge in [0.25, 0.3) is 5.69 Å². The summed E-state index contributed by atoms with van der Waals surface area (Å²) in [6.45, 7) is 6.40. The molecule has 1 fully saturated rings. The van der Waals surface area contributed by atoms with Gasteiger partial charge in [-0.3, -0.25) is 15.0 Å². The van der Waals surface area contributed by atoms with Gasteiger partial charge in [0.05, 0.1) is 36.3 Å². The first-order valence-electron chi connectivity index (χ1n) is 24.5.